The Labute approximate surface area is 199 Å². The van der Waals surface area contributed by atoms with Crippen molar-refractivity contribution >= 4 is 44.7 Å². The van der Waals surface area contributed by atoms with Crippen molar-refractivity contribution in [2.75, 3.05) is 16.7 Å². The molecule has 3 aromatic heterocycles. The summed E-state index contributed by atoms with van der Waals surface area (Å²) in [5.74, 6) is 1.40. The fourth-order valence-electron chi connectivity index (χ4n) is 2.99. The SMILES string of the molecule is CS(=O)(=O)Nc1ccc(-c2nnc(SCC(=O)NCc3cccs3)n2Cc2ccco2)cc1. The number of hydrogen-bond acceptors (Lipinski definition) is 8. The summed E-state index contributed by atoms with van der Waals surface area (Å²) in [6, 6.07) is 14.4. The number of rotatable bonds is 10. The lowest BCUT2D eigenvalue weighted by Gasteiger charge is -2.10. The fraction of sp³-hybridized carbons (Fsp3) is 0.190. The number of nitrogens with one attached hydrogen (secondary N) is 2. The fourth-order valence-corrected chi connectivity index (χ4v) is 4.97. The molecule has 2 N–H and O–H groups in total. The van der Waals surface area contributed by atoms with Crippen LogP contribution in [0.15, 0.2) is 69.7 Å². The van der Waals surface area contributed by atoms with Gasteiger partial charge in [-0.3, -0.25) is 14.1 Å². The van der Waals surface area contributed by atoms with Crippen LogP contribution in [-0.4, -0.2) is 41.1 Å². The van der Waals surface area contributed by atoms with Crippen LogP contribution in [0.4, 0.5) is 5.69 Å². The third kappa shape index (κ3) is 6.46. The summed E-state index contributed by atoms with van der Waals surface area (Å²) in [7, 11) is -3.36. The first kappa shape index (κ1) is 23.1. The Morgan fingerprint density at radius 2 is 1.97 bits per heavy atom. The lowest BCUT2D eigenvalue weighted by Crippen LogP contribution is -2.24. The van der Waals surface area contributed by atoms with E-state index in [1.165, 1.54) is 11.8 Å². The summed E-state index contributed by atoms with van der Waals surface area (Å²) in [5.41, 5.74) is 1.21. The number of anilines is 1. The molecule has 4 rings (SSSR count). The van der Waals surface area contributed by atoms with E-state index in [0.717, 1.165) is 22.5 Å². The molecule has 0 saturated carbocycles. The first-order valence-corrected chi connectivity index (χ1v) is 13.6. The summed E-state index contributed by atoms with van der Waals surface area (Å²) >= 11 is 2.88. The van der Waals surface area contributed by atoms with E-state index in [0.29, 0.717) is 29.8 Å². The maximum atomic E-state index is 12.3. The molecular formula is C21H21N5O4S3. The first-order chi connectivity index (χ1) is 15.9. The third-order valence-electron chi connectivity index (χ3n) is 4.43. The standard InChI is InChI=1S/C21H21N5O4S3/c1-33(28,29)25-16-8-6-15(7-9-16)20-23-24-21(26(20)13-17-4-2-10-30-17)32-14-19(27)22-12-18-5-3-11-31-18/h2-11,25H,12-14H2,1H3,(H,22,27). The molecule has 0 atom stereocenters. The molecule has 4 aromatic rings. The Hall–Kier alpha value is -3.09. The average molecular weight is 504 g/mol. The van der Waals surface area contributed by atoms with Gasteiger partial charge in [0, 0.05) is 16.1 Å². The largest absolute Gasteiger partial charge is 0.467 e. The number of carbonyl (C=O) groups is 1. The predicted octanol–water partition coefficient (Wildman–Crippen LogP) is 3.43. The third-order valence-corrected chi connectivity index (χ3v) is 6.88. The van der Waals surface area contributed by atoms with E-state index in [-0.39, 0.29) is 11.7 Å². The molecule has 0 unspecified atom stereocenters. The molecule has 172 valence electrons. The van der Waals surface area contributed by atoms with Crippen molar-refractivity contribution in [2.24, 2.45) is 0 Å². The second-order valence-electron chi connectivity index (χ2n) is 7.07. The van der Waals surface area contributed by atoms with E-state index in [4.69, 9.17) is 4.42 Å². The number of thiophene rings is 1. The molecular weight excluding hydrogens is 482 g/mol. The van der Waals surface area contributed by atoms with Crippen molar-refractivity contribution in [1.29, 1.82) is 0 Å². The van der Waals surface area contributed by atoms with Crippen LogP contribution in [0.25, 0.3) is 11.4 Å². The number of hydrogen-bond donors (Lipinski definition) is 2. The summed E-state index contributed by atoms with van der Waals surface area (Å²) in [4.78, 5) is 13.4. The lowest BCUT2D eigenvalue weighted by molar-refractivity contribution is -0.118. The Bertz CT molecular complexity index is 1300. The van der Waals surface area contributed by atoms with Crippen LogP contribution >= 0.6 is 23.1 Å². The highest BCUT2D eigenvalue weighted by Crippen LogP contribution is 2.26. The van der Waals surface area contributed by atoms with E-state index >= 15 is 0 Å². The molecule has 0 bridgehead atoms. The summed E-state index contributed by atoms with van der Waals surface area (Å²) in [5, 5.41) is 14.0. The van der Waals surface area contributed by atoms with Crippen molar-refractivity contribution in [1.82, 2.24) is 20.1 Å². The number of nitrogens with zero attached hydrogens (tertiary/aromatic N) is 3. The monoisotopic (exact) mass is 503 g/mol. The number of sulfonamides is 1. The first-order valence-electron chi connectivity index (χ1n) is 9.83. The van der Waals surface area contributed by atoms with Gasteiger partial charge >= 0.3 is 0 Å². The van der Waals surface area contributed by atoms with Crippen molar-refractivity contribution in [3.63, 3.8) is 0 Å². The number of benzene rings is 1. The van der Waals surface area contributed by atoms with Gasteiger partial charge in [0.2, 0.25) is 15.9 Å². The van der Waals surface area contributed by atoms with Crippen LogP contribution in [-0.2, 0) is 27.9 Å². The topological polar surface area (TPSA) is 119 Å². The number of aromatic nitrogens is 3. The number of furan rings is 1. The zero-order chi connectivity index (χ0) is 23.3. The van der Waals surface area contributed by atoms with Gasteiger partial charge < -0.3 is 9.73 Å². The number of thioether (sulfide) groups is 1. The minimum absolute atomic E-state index is 0.0984. The Kier molecular flexibility index (Phi) is 7.16. The second kappa shape index (κ2) is 10.2. The molecule has 0 spiro atoms. The van der Waals surface area contributed by atoms with Crippen molar-refractivity contribution < 1.29 is 17.6 Å². The van der Waals surface area contributed by atoms with Gasteiger partial charge in [-0.2, -0.15) is 0 Å². The highest BCUT2D eigenvalue weighted by Gasteiger charge is 2.17. The zero-order valence-electron chi connectivity index (χ0n) is 17.6. The van der Waals surface area contributed by atoms with Crippen LogP contribution in [0.3, 0.4) is 0 Å². The maximum Gasteiger partial charge on any atom is 0.230 e. The minimum Gasteiger partial charge on any atom is -0.467 e. The van der Waals surface area contributed by atoms with E-state index in [9.17, 15) is 13.2 Å². The second-order valence-corrected chi connectivity index (χ2v) is 10.8. The molecule has 9 nitrogen and oxygen atoms in total. The van der Waals surface area contributed by atoms with Crippen molar-refractivity contribution in [2.45, 2.75) is 18.2 Å². The molecule has 3 heterocycles. The smallest absolute Gasteiger partial charge is 0.230 e. The van der Waals surface area contributed by atoms with E-state index in [1.54, 1.807) is 47.9 Å². The molecule has 12 heteroatoms. The van der Waals surface area contributed by atoms with Crippen LogP contribution in [0.1, 0.15) is 10.6 Å². The molecule has 1 aromatic carbocycles. The maximum absolute atomic E-state index is 12.3. The van der Waals surface area contributed by atoms with Crippen LogP contribution in [0.2, 0.25) is 0 Å². The molecule has 0 saturated heterocycles. The molecule has 0 aliphatic rings. The molecule has 33 heavy (non-hydrogen) atoms. The Balaban J connectivity index is 1.50. The van der Waals surface area contributed by atoms with E-state index < -0.39 is 10.0 Å². The van der Waals surface area contributed by atoms with E-state index in [1.807, 2.05) is 28.1 Å². The highest BCUT2D eigenvalue weighted by molar-refractivity contribution is 7.99. The Morgan fingerprint density at radius 3 is 2.64 bits per heavy atom. The van der Waals surface area contributed by atoms with Gasteiger partial charge in [0.1, 0.15) is 5.76 Å². The average Bonchev–Trinajstić information content (AvgIpc) is 3.54. The molecule has 0 radical (unpaired) electrons. The van der Waals surface area contributed by atoms with Gasteiger partial charge in [0.15, 0.2) is 11.0 Å². The molecule has 0 aliphatic heterocycles. The van der Waals surface area contributed by atoms with E-state index in [2.05, 4.69) is 20.2 Å². The van der Waals surface area contributed by atoms with Crippen LogP contribution in [0.5, 0.6) is 0 Å². The lowest BCUT2D eigenvalue weighted by atomic mass is 10.2. The van der Waals surface area contributed by atoms with Crippen molar-refractivity contribution in [3.05, 3.63) is 70.8 Å². The summed E-state index contributed by atoms with van der Waals surface area (Å²) in [6.45, 7) is 0.882. The number of carbonyl (C=O) groups excluding carboxylic acids is 1. The van der Waals surface area contributed by atoms with Crippen LogP contribution < -0.4 is 10.0 Å². The van der Waals surface area contributed by atoms with Gasteiger partial charge in [-0.25, -0.2) is 8.42 Å². The normalized spacial score (nSPS) is 11.4. The van der Waals surface area contributed by atoms with Gasteiger partial charge in [-0.1, -0.05) is 17.8 Å². The van der Waals surface area contributed by atoms with Gasteiger partial charge in [0.05, 0.1) is 31.4 Å². The zero-order valence-corrected chi connectivity index (χ0v) is 20.0. The summed E-state index contributed by atoms with van der Waals surface area (Å²) in [6.07, 6.45) is 2.69. The minimum atomic E-state index is -3.36. The molecule has 0 fully saturated rings. The quantitative estimate of drug-likeness (QED) is 0.318. The summed E-state index contributed by atoms with van der Waals surface area (Å²) < 4.78 is 32.7. The molecule has 0 aliphatic carbocycles. The van der Waals surface area contributed by atoms with Gasteiger partial charge in [0.25, 0.3) is 0 Å². The van der Waals surface area contributed by atoms with Crippen molar-refractivity contribution in [3.8, 4) is 11.4 Å². The predicted molar refractivity (Wildman–Crippen MR) is 129 cm³/mol. The van der Waals surface area contributed by atoms with Gasteiger partial charge in [-0.05, 0) is 47.8 Å². The highest BCUT2D eigenvalue weighted by atomic mass is 32.2. The Morgan fingerprint density at radius 1 is 1.15 bits per heavy atom. The van der Waals surface area contributed by atoms with Gasteiger partial charge in [-0.15, -0.1) is 21.5 Å². The molecule has 1 amide bonds. The van der Waals surface area contributed by atoms with Crippen LogP contribution in [0, 0.1) is 0 Å². The number of amides is 1.